The normalized spacial score (nSPS) is 17.1. The van der Waals surface area contributed by atoms with E-state index in [1.807, 2.05) is 18.4 Å². The molecule has 3 rings (SSSR count). The Labute approximate surface area is 168 Å². The van der Waals surface area contributed by atoms with Crippen LogP contribution in [0.4, 0.5) is 5.69 Å². The van der Waals surface area contributed by atoms with Crippen molar-refractivity contribution in [2.75, 3.05) is 25.0 Å². The Bertz CT molecular complexity index is 749. The first-order chi connectivity index (χ1) is 13.1. The van der Waals surface area contributed by atoms with E-state index in [1.54, 1.807) is 0 Å². The summed E-state index contributed by atoms with van der Waals surface area (Å²) in [5.74, 6) is 0.580. The predicted octanol–water partition coefficient (Wildman–Crippen LogP) is 5.50. The Balaban J connectivity index is 1.68. The molecule has 0 saturated carbocycles. The summed E-state index contributed by atoms with van der Waals surface area (Å²) >= 11 is 5.37. The maximum Gasteiger partial charge on any atom is 0.170 e. The van der Waals surface area contributed by atoms with Gasteiger partial charge in [-0.05, 0) is 82.0 Å². The first kappa shape index (κ1) is 20.2. The van der Waals surface area contributed by atoms with Gasteiger partial charge < -0.3 is 20.0 Å². The van der Waals surface area contributed by atoms with E-state index >= 15 is 0 Å². The number of furan rings is 1. The van der Waals surface area contributed by atoms with Gasteiger partial charge in [-0.25, -0.2) is 0 Å². The number of piperidine rings is 1. The summed E-state index contributed by atoms with van der Waals surface area (Å²) < 4.78 is 5.85. The van der Waals surface area contributed by atoms with E-state index in [0.29, 0.717) is 17.1 Å². The number of hydrogen-bond donors (Lipinski definition) is 2. The number of fused-ring (bicyclic) bond motifs is 1. The van der Waals surface area contributed by atoms with Crippen LogP contribution in [0.25, 0.3) is 11.0 Å². The van der Waals surface area contributed by atoms with E-state index in [-0.39, 0.29) is 0 Å². The van der Waals surface area contributed by atoms with Crippen LogP contribution in [0.5, 0.6) is 0 Å². The lowest BCUT2D eigenvalue weighted by Crippen LogP contribution is -2.39. The highest BCUT2D eigenvalue weighted by atomic mass is 32.1. The maximum atomic E-state index is 5.85. The van der Waals surface area contributed by atoms with Crippen LogP contribution < -0.4 is 10.6 Å². The van der Waals surface area contributed by atoms with Crippen molar-refractivity contribution in [2.45, 2.75) is 64.8 Å². The van der Waals surface area contributed by atoms with Gasteiger partial charge in [0, 0.05) is 29.2 Å². The summed E-state index contributed by atoms with van der Waals surface area (Å²) in [5, 5.41) is 8.41. The van der Waals surface area contributed by atoms with Crippen molar-refractivity contribution < 1.29 is 4.42 Å². The smallest absolute Gasteiger partial charge is 0.170 e. The van der Waals surface area contributed by atoms with Gasteiger partial charge in [0.05, 0.1) is 6.26 Å². The molecule has 2 aromatic rings. The van der Waals surface area contributed by atoms with Gasteiger partial charge in [0.1, 0.15) is 5.58 Å². The summed E-state index contributed by atoms with van der Waals surface area (Å²) in [6, 6.07) is 6.96. The first-order valence-electron chi connectivity index (χ1n) is 10.4. The van der Waals surface area contributed by atoms with Crippen LogP contribution in [0.2, 0.25) is 0 Å². The number of likely N-dealkylation sites (tertiary alicyclic amines) is 1. The molecule has 0 spiro atoms. The number of rotatable bonds is 7. The van der Waals surface area contributed by atoms with E-state index in [0.717, 1.165) is 24.2 Å². The van der Waals surface area contributed by atoms with Gasteiger partial charge in [0.2, 0.25) is 0 Å². The molecule has 1 fully saturated rings. The fraction of sp³-hybridized carbons (Fsp3) is 0.591. The van der Waals surface area contributed by atoms with E-state index in [4.69, 9.17) is 16.6 Å². The largest absolute Gasteiger partial charge is 0.464 e. The number of benzene rings is 1. The summed E-state index contributed by atoms with van der Waals surface area (Å²) in [6.07, 6.45) is 7.99. The Morgan fingerprint density at radius 2 is 2.04 bits per heavy atom. The van der Waals surface area contributed by atoms with Crippen LogP contribution in [-0.4, -0.2) is 35.7 Å². The molecule has 1 saturated heterocycles. The zero-order valence-electron chi connectivity index (χ0n) is 16.9. The quantitative estimate of drug-likeness (QED) is 0.614. The predicted molar refractivity (Wildman–Crippen MR) is 119 cm³/mol. The Kier molecular flexibility index (Phi) is 7.13. The lowest BCUT2D eigenvalue weighted by molar-refractivity contribution is 0.154. The molecule has 1 atom stereocenters. The lowest BCUT2D eigenvalue weighted by Gasteiger charge is -2.36. The number of nitrogens with zero attached hydrogens (tertiary/aromatic N) is 1. The Morgan fingerprint density at radius 3 is 2.74 bits per heavy atom. The van der Waals surface area contributed by atoms with Crippen LogP contribution >= 0.6 is 12.2 Å². The highest BCUT2D eigenvalue weighted by Crippen LogP contribution is 2.36. The van der Waals surface area contributed by atoms with E-state index < -0.39 is 0 Å². The molecular weight excluding hydrogens is 354 g/mol. The van der Waals surface area contributed by atoms with E-state index in [9.17, 15) is 0 Å². The third-order valence-electron chi connectivity index (χ3n) is 5.70. The molecule has 1 unspecified atom stereocenters. The van der Waals surface area contributed by atoms with E-state index in [2.05, 4.69) is 42.4 Å². The molecule has 1 aromatic heterocycles. The molecule has 5 heteroatoms. The van der Waals surface area contributed by atoms with Gasteiger partial charge in [-0.3, -0.25) is 0 Å². The molecule has 0 radical (unpaired) electrons. The van der Waals surface area contributed by atoms with Gasteiger partial charge in [0.25, 0.3) is 0 Å². The Morgan fingerprint density at radius 1 is 1.26 bits per heavy atom. The molecule has 1 aliphatic heterocycles. The molecule has 2 N–H and O–H groups in total. The SMILES string of the molecule is CCCNC(=S)Nc1ccc2occ(C3CCN(C(C)CCC)CC3)c2c1. The van der Waals surface area contributed by atoms with Crippen molar-refractivity contribution in [3.63, 3.8) is 0 Å². The monoisotopic (exact) mass is 387 g/mol. The average Bonchev–Trinajstić information content (AvgIpc) is 3.10. The van der Waals surface area contributed by atoms with Crippen LogP contribution in [0, 0.1) is 0 Å². The molecule has 27 heavy (non-hydrogen) atoms. The van der Waals surface area contributed by atoms with Gasteiger partial charge in [-0.1, -0.05) is 20.3 Å². The van der Waals surface area contributed by atoms with Crippen molar-refractivity contribution in [1.29, 1.82) is 0 Å². The van der Waals surface area contributed by atoms with E-state index in [1.165, 1.54) is 49.7 Å². The van der Waals surface area contributed by atoms with Crippen molar-refractivity contribution in [2.24, 2.45) is 0 Å². The van der Waals surface area contributed by atoms with Crippen LogP contribution in [0.1, 0.15) is 64.4 Å². The number of nitrogens with one attached hydrogen (secondary N) is 2. The number of thiocarbonyl (C=S) groups is 1. The molecule has 148 valence electrons. The van der Waals surface area contributed by atoms with Gasteiger partial charge in [-0.15, -0.1) is 0 Å². The molecule has 2 heterocycles. The van der Waals surface area contributed by atoms with Gasteiger partial charge in [-0.2, -0.15) is 0 Å². The van der Waals surface area contributed by atoms with Crippen molar-refractivity contribution >= 4 is 34.0 Å². The van der Waals surface area contributed by atoms with Crippen molar-refractivity contribution in [3.8, 4) is 0 Å². The molecule has 0 aliphatic carbocycles. The lowest BCUT2D eigenvalue weighted by atomic mass is 9.88. The minimum atomic E-state index is 0.580. The fourth-order valence-electron chi connectivity index (χ4n) is 4.11. The zero-order valence-corrected chi connectivity index (χ0v) is 17.7. The van der Waals surface area contributed by atoms with Crippen LogP contribution in [0.3, 0.4) is 0 Å². The van der Waals surface area contributed by atoms with Crippen molar-refractivity contribution in [3.05, 3.63) is 30.0 Å². The summed E-state index contributed by atoms with van der Waals surface area (Å²) in [5.41, 5.74) is 3.33. The summed E-state index contributed by atoms with van der Waals surface area (Å²) in [7, 11) is 0. The molecule has 0 bridgehead atoms. The molecule has 1 aliphatic rings. The van der Waals surface area contributed by atoms with Crippen LogP contribution in [-0.2, 0) is 0 Å². The number of anilines is 1. The molecule has 0 amide bonds. The molecule has 4 nitrogen and oxygen atoms in total. The highest BCUT2D eigenvalue weighted by molar-refractivity contribution is 7.80. The third-order valence-corrected chi connectivity index (χ3v) is 5.94. The minimum absolute atomic E-state index is 0.580. The topological polar surface area (TPSA) is 40.4 Å². The average molecular weight is 388 g/mol. The highest BCUT2D eigenvalue weighted by Gasteiger charge is 2.25. The fourth-order valence-corrected chi connectivity index (χ4v) is 4.33. The Hall–Kier alpha value is -1.59. The second-order valence-electron chi connectivity index (χ2n) is 7.73. The number of hydrogen-bond acceptors (Lipinski definition) is 3. The zero-order chi connectivity index (χ0) is 19.2. The molecule has 1 aromatic carbocycles. The molecular formula is C22H33N3OS. The van der Waals surface area contributed by atoms with Crippen molar-refractivity contribution in [1.82, 2.24) is 10.2 Å². The first-order valence-corrected chi connectivity index (χ1v) is 10.8. The summed E-state index contributed by atoms with van der Waals surface area (Å²) in [4.78, 5) is 2.65. The standard InChI is InChI=1S/C22H33N3OS/c1-4-6-16(3)25-12-9-17(10-13-25)20-15-26-21-8-7-18(14-19(20)21)24-22(27)23-11-5-2/h7-8,14-17H,4-6,9-13H2,1-3H3,(H2,23,24,27). The van der Waals surface area contributed by atoms with Gasteiger partial charge >= 0.3 is 0 Å². The second-order valence-corrected chi connectivity index (χ2v) is 8.14. The maximum absolute atomic E-state index is 5.85. The second kappa shape index (κ2) is 9.56. The third kappa shape index (κ3) is 5.02. The summed E-state index contributed by atoms with van der Waals surface area (Å²) in [6.45, 7) is 10.0. The van der Waals surface area contributed by atoms with Gasteiger partial charge in [0.15, 0.2) is 5.11 Å². The van der Waals surface area contributed by atoms with Crippen LogP contribution in [0.15, 0.2) is 28.9 Å². The minimum Gasteiger partial charge on any atom is -0.464 e.